The molecule has 0 saturated heterocycles. The third-order valence-corrected chi connectivity index (χ3v) is 4.91. The molecule has 1 aromatic heterocycles. The Labute approximate surface area is 121 Å². The Hall–Kier alpha value is -1.40. The average molecular weight is 341 g/mol. The quantitative estimate of drug-likeness (QED) is 0.932. The molecule has 0 spiro atoms. The predicted molar refractivity (Wildman–Crippen MR) is 78.7 cm³/mol. The predicted octanol–water partition coefficient (Wildman–Crippen LogP) is 3.26. The van der Waals surface area contributed by atoms with Crippen LogP contribution in [0, 0.1) is 13.8 Å². The van der Waals surface area contributed by atoms with E-state index >= 15 is 0 Å². The van der Waals surface area contributed by atoms with Crippen LogP contribution in [0.25, 0.3) is 0 Å². The molecule has 1 aromatic carbocycles. The summed E-state index contributed by atoms with van der Waals surface area (Å²) in [6, 6.07) is 8.45. The number of pyridine rings is 1. The van der Waals surface area contributed by atoms with E-state index in [4.69, 9.17) is 0 Å². The van der Waals surface area contributed by atoms with Gasteiger partial charge in [-0.25, -0.2) is 13.4 Å². The molecule has 1 heterocycles. The fourth-order valence-electron chi connectivity index (χ4n) is 1.56. The van der Waals surface area contributed by atoms with Crippen LogP contribution in [0.15, 0.2) is 45.9 Å². The monoisotopic (exact) mass is 340 g/mol. The van der Waals surface area contributed by atoms with Crippen molar-refractivity contribution in [2.24, 2.45) is 0 Å². The van der Waals surface area contributed by atoms with Gasteiger partial charge in [-0.3, -0.25) is 4.72 Å². The molecule has 2 aromatic rings. The molecule has 0 aliphatic carbocycles. The van der Waals surface area contributed by atoms with Crippen molar-refractivity contribution in [3.05, 3.63) is 52.1 Å². The Morgan fingerprint density at radius 1 is 1.16 bits per heavy atom. The number of aryl methyl sites for hydroxylation is 2. The van der Waals surface area contributed by atoms with E-state index in [1.165, 1.54) is 0 Å². The summed E-state index contributed by atoms with van der Waals surface area (Å²) in [6.07, 6.45) is 1.55. The molecule has 4 nitrogen and oxygen atoms in total. The molecular weight excluding hydrogens is 328 g/mol. The van der Waals surface area contributed by atoms with Gasteiger partial charge in [0.2, 0.25) is 0 Å². The lowest BCUT2D eigenvalue weighted by atomic mass is 10.2. The van der Waals surface area contributed by atoms with Crippen molar-refractivity contribution in [1.29, 1.82) is 0 Å². The first kappa shape index (κ1) is 14.0. The topological polar surface area (TPSA) is 59.1 Å². The highest BCUT2D eigenvalue weighted by atomic mass is 79.9. The molecule has 0 aliphatic rings. The summed E-state index contributed by atoms with van der Waals surface area (Å²) in [5, 5.41) is 0. The highest BCUT2D eigenvalue weighted by molar-refractivity contribution is 9.10. The van der Waals surface area contributed by atoms with Crippen LogP contribution in [0.3, 0.4) is 0 Å². The second kappa shape index (κ2) is 5.30. The second-order valence-electron chi connectivity index (χ2n) is 4.19. The fraction of sp³-hybridized carbons (Fsp3) is 0.154. The molecule has 0 amide bonds. The zero-order chi connectivity index (χ0) is 14.0. The summed E-state index contributed by atoms with van der Waals surface area (Å²) < 4.78 is 27.9. The van der Waals surface area contributed by atoms with Crippen LogP contribution in [-0.4, -0.2) is 13.4 Å². The molecule has 0 atom stereocenters. The van der Waals surface area contributed by atoms with Gasteiger partial charge in [0.15, 0.2) is 0 Å². The summed E-state index contributed by atoms with van der Waals surface area (Å²) >= 11 is 3.35. The first-order valence-corrected chi connectivity index (χ1v) is 7.88. The zero-order valence-electron chi connectivity index (χ0n) is 10.5. The number of halogens is 1. The first-order valence-electron chi connectivity index (χ1n) is 5.61. The van der Waals surface area contributed by atoms with Crippen molar-refractivity contribution in [3.8, 4) is 0 Å². The van der Waals surface area contributed by atoms with E-state index in [2.05, 4.69) is 25.6 Å². The van der Waals surface area contributed by atoms with Gasteiger partial charge in [-0.15, -0.1) is 0 Å². The number of rotatable bonds is 3. The molecule has 0 aliphatic heterocycles. The van der Waals surface area contributed by atoms with E-state index in [9.17, 15) is 8.42 Å². The van der Waals surface area contributed by atoms with Crippen molar-refractivity contribution in [1.82, 2.24) is 4.98 Å². The molecule has 0 unspecified atom stereocenters. The molecular formula is C13H13BrN2O2S. The lowest BCUT2D eigenvalue weighted by Crippen LogP contribution is -2.14. The molecule has 0 saturated carbocycles. The molecule has 0 bridgehead atoms. The third kappa shape index (κ3) is 3.13. The van der Waals surface area contributed by atoms with E-state index in [1.54, 1.807) is 43.5 Å². The van der Waals surface area contributed by atoms with Crippen molar-refractivity contribution >= 4 is 31.8 Å². The van der Waals surface area contributed by atoms with Gasteiger partial charge in [0.25, 0.3) is 10.0 Å². The van der Waals surface area contributed by atoms with Gasteiger partial charge in [0.1, 0.15) is 5.82 Å². The van der Waals surface area contributed by atoms with Crippen LogP contribution in [-0.2, 0) is 10.0 Å². The van der Waals surface area contributed by atoms with Crippen LogP contribution < -0.4 is 4.72 Å². The van der Waals surface area contributed by atoms with Gasteiger partial charge in [0, 0.05) is 10.7 Å². The Morgan fingerprint density at radius 3 is 2.53 bits per heavy atom. The SMILES string of the molecule is Cc1cc(S(=O)(=O)Nc2ncccc2C)ccc1Br. The minimum atomic E-state index is -3.61. The maximum Gasteiger partial charge on any atom is 0.263 e. The average Bonchev–Trinajstić information content (AvgIpc) is 2.35. The van der Waals surface area contributed by atoms with E-state index in [0.29, 0.717) is 5.82 Å². The highest BCUT2D eigenvalue weighted by Crippen LogP contribution is 2.22. The van der Waals surface area contributed by atoms with Gasteiger partial charge in [-0.05, 0) is 49.2 Å². The Balaban J connectivity index is 2.38. The molecule has 0 fully saturated rings. The minimum absolute atomic E-state index is 0.221. The molecule has 6 heteroatoms. The lowest BCUT2D eigenvalue weighted by molar-refractivity contribution is 0.601. The standard InChI is InChI=1S/C13H13BrN2O2S/c1-9-4-3-7-15-13(9)16-19(17,18)11-5-6-12(14)10(2)8-11/h3-8H,1-2H3,(H,15,16). The summed E-state index contributed by atoms with van der Waals surface area (Å²) in [5.41, 5.74) is 1.64. The van der Waals surface area contributed by atoms with Crippen LogP contribution in [0.4, 0.5) is 5.82 Å². The number of hydrogen-bond donors (Lipinski definition) is 1. The fourth-order valence-corrected chi connectivity index (χ4v) is 2.97. The van der Waals surface area contributed by atoms with Crippen LogP contribution in [0.2, 0.25) is 0 Å². The largest absolute Gasteiger partial charge is 0.263 e. The van der Waals surface area contributed by atoms with E-state index < -0.39 is 10.0 Å². The van der Waals surface area contributed by atoms with E-state index in [0.717, 1.165) is 15.6 Å². The molecule has 0 radical (unpaired) electrons. The van der Waals surface area contributed by atoms with E-state index in [-0.39, 0.29) is 4.90 Å². The van der Waals surface area contributed by atoms with Gasteiger partial charge in [-0.2, -0.15) is 0 Å². The Morgan fingerprint density at radius 2 is 1.89 bits per heavy atom. The van der Waals surface area contributed by atoms with Crippen LogP contribution >= 0.6 is 15.9 Å². The number of anilines is 1. The van der Waals surface area contributed by atoms with Crippen molar-refractivity contribution < 1.29 is 8.42 Å². The summed E-state index contributed by atoms with van der Waals surface area (Å²) in [4.78, 5) is 4.25. The maximum absolute atomic E-state index is 12.3. The number of nitrogens with zero attached hydrogens (tertiary/aromatic N) is 1. The third-order valence-electron chi connectivity index (χ3n) is 2.68. The van der Waals surface area contributed by atoms with Gasteiger partial charge >= 0.3 is 0 Å². The van der Waals surface area contributed by atoms with Gasteiger partial charge in [0.05, 0.1) is 4.90 Å². The maximum atomic E-state index is 12.3. The number of aromatic nitrogens is 1. The summed E-state index contributed by atoms with van der Waals surface area (Å²) in [5.74, 6) is 0.350. The number of benzene rings is 1. The van der Waals surface area contributed by atoms with Crippen molar-refractivity contribution in [2.75, 3.05) is 4.72 Å². The molecule has 19 heavy (non-hydrogen) atoms. The number of nitrogens with one attached hydrogen (secondary N) is 1. The Kier molecular flexibility index (Phi) is 3.91. The van der Waals surface area contributed by atoms with Crippen LogP contribution in [0.5, 0.6) is 0 Å². The highest BCUT2D eigenvalue weighted by Gasteiger charge is 2.16. The molecule has 100 valence electrons. The minimum Gasteiger partial charge on any atom is -0.263 e. The summed E-state index contributed by atoms with van der Waals surface area (Å²) in [7, 11) is -3.61. The van der Waals surface area contributed by atoms with Crippen LogP contribution in [0.1, 0.15) is 11.1 Å². The summed E-state index contributed by atoms with van der Waals surface area (Å²) in [6.45, 7) is 3.65. The van der Waals surface area contributed by atoms with E-state index in [1.807, 2.05) is 6.92 Å². The van der Waals surface area contributed by atoms with Gasteiger partial charge < -0.3 is 0 Å². The second-order valence-corrected chi connectivity index (χ2v) is 6.72. The number of hydrogen-bond acceptors (Lipinski definition) is 3. The molecule has 1 N–H and O–H groups in total. The molecule has 2 rings (SSSR count). The smallest absolute Gasteiger partial charge is 0.263 e. The Bertz CT molecular complexity index is 714. The number of sulfonamides is 1. The normalized spacial score (nSPS) is 11.3. The zero-order valence-corrected chi connectivity index (χ0v) is 12.9. The first-order chi connectivity index (χ1) is 8.90. The van der Waals surface area contributed by atoms with Crippen molar-refractivity contribution in [3.63, 3.8) is 0 Å². The van der Waals surface area contributed by atoms with Gasteiger partial charge in [-0.1, -0.05) is 22.0 Å². The van der Waals surface area contributed by atoms with Crippen molar-refractivity contribution in [2.45, 2.75) is 18.7 Å². The lowest BCUT2D eigenvalue weighted by Gasteiger charge is -2.10.